The van der Waals surface area contributed by atoms with Gasteiger partial charge in [-0.25, -0.2) is 0 Å². The first-order chi connectivity index (χ1) is 13.1. The summed E-state index contributed by atoms with van der Waals surface area (Å²) in [4.78, 5) is 5.42. The van der Waals surface area contributed by atoms with Gasteiger partial charge in [0, 0.05) is 26.2 Å². The molecule has 2 aliphatic rings. The van der Waals surface area contributed by atoms with E-state index >= 15 is 0 Å². The van der Waals surface area contributed by atoms with Crippen molar-refractivity contribution >= 4 is 8.07 Å². The number of hydrogen-bond donors (Lipinski definition) is 0. The lowest BCUT2D eigenvalue weighted by Gasteiger charge is -2.38. The monoisotopic (exact) mass is 386 g/mol. The molecule has 0 aromatic heterocycles. The lowest BCUT2D eigenvalue weighted by molar-refractivity contribution is 0.144. The van der Waals surface area contributed by atoms with Gasteiger partial charge in [0.1, 0.15) is 0 Å². The first-order valence-corrected chi connectivity index (χ1v) is 15.0. The van der Waals surface area contributed by atoms with Gasteiger partial charge in [0.15, 0.2) is 0 Å². The van der Waals surface area contributed by atoms with Crippen LogP contribution in [0.15, 0.2) is 24.3 Å². The molecule has 152 valence electrons. The normalized spacial score (nSPS) is 20.9. The molecule has 0 atom stereocenters. The molecule has 0 radical (unpaired) electrons. The van der Waals surface area contributed by atoms with Crippen molar-refractivity contribution in [3.05, 3.63) is 35.4 Å². The van der Waals surface area contributed by atoms with Crippen molar-refractivity contribution in [1.82, 2.24) is 9.80 Å². The summed E-state index contributed by atoms with van der Waals surface area (Å²) in [7, 11) is -1.23. The van der Waals surface area contributed by atoms with Gasteiger partial charge in [-0.15, -0.1) is 0 Å². The molecule has 0 bridgehead atoms. The number of rotatable bonds is 8. The van der Waals surface area contributed by atoms with Crippen LogP contribution in [0.2, 0.25) is 13.1 Å². The van der Waals surface area contributed by atoms with Crippen molar-refractivity contribution in [2.75, 3.05) is 38.9 Å². The van der Waals surface area contributed by atoms with E-state index in [1.165, 1.54) is 89.9 Å². The van der Waals surface area contributed by atoms with Crippen molar-refractivity contribution in [1.29, 1.82) is 0 Å². The van der Waals surface area contributed by atoms with E-state index in [1.54, 1.807) is 11.1 Å². The highest BCUT2D eigenvalue weighted by Gasteiger charge is 2.27. The van der Waals surface area contributed by atoms with Crippen LogP contribution in [0.1, 0.15) is 68.9 Å². The van der Waals surface area contributed by atoms with E-state index in [-0.39, 0.29) is 0 Å². The van der Waals surface area contributed by atoms with E-state index in [2.05, 4.69) is 54.1 Å². The molecule has 1 aliphatic carbocycles. The molecule has 1 saturated carbocycles. The molecule has 2 fully saturated rings. The number of nitrogens with zero attached hydrogens (tertiary/aromatic N) is 2. The minimum atomic E-state index is -1.23. The van der Waals surface area contributed by atoms with Gasteiger partial charge in [0.2, 0.25) is 0 Å². The summed E-state index contributed by atoms with van der Waals surface area (Å²) >= 11 is 0. The van der Waals surface area contributed by atoms with Gasteiger partial charge in [0.05, 0.1) is 8.07 Å². The Balaban J connectivity index is 1.46. The maximum atomic E-state index is 2.76. The average molecular weight is 387 g/mol. The van der Waals surface area contributed by atoms with E-state index in [0.29, 0.717) is 0 Å². The molecule has 3 rings (SSSR count). The number of benzene rings is 1. The van der Waals surface area contributed by atoms with Gasteiger partial charge >= 0.3 is 0 Å². The lowest BCUT2D eigenvalue weighted by atomic mass is 9.84. The molecule has 1 heterocycles. The highest BCUT2D eigenvalue weighted by molar-refractivity contribution is 6.77. The lowest BCUT2D eigenvalue weighted by Crippen LogP contribution is -2.52. The Morgan fingerprint density at radius 1 is 0.889 bits per heavy atom. The average Bonchev–Trinajstić information content (AvgIpc) is 2.68. The molecular weight excluding hydrogens is 344 g/mol. The third kappa shape index (κ3) is 6.72. The Labute approximate surface area is 169 Å². The summed E-state index contributed by atoms with van der Waals surface area (Å²) in [5.41, 5.74) is 3.17. The maximum Gasteiger partial charge on any atom is 0.0672 e. The van der Waals surface area contributed by atoms with Gasteiger partial charge in [0.25, 0.3) is 0 Å². The van der Waals surface area contributed by atoms with E-state index in [9.17, 15) is 0 Å². The molecule has 0 amide bonds. The molecule has 3 heteroatoms. The van der Waals surface area contributed by atoms with Gasteiger partial charge in [-0.3, -0.25) is 0 Å². The van der Waals surface area contributed by atoms with Crippen LogP contribution in [0.3, 0.4) is 0 Å². The van der Waals surface area contributed by atoms with Crippen LogP contribution < -0.4 is 0 Å². The largest absolute Gasteiger partial charge is 0.304 e. The van der Waals surface area contributed by atoms with Gasteiger partial charge in [-0.2, -0.15) is 0 Å². The van der Waals surface area contributed by atoms with Crippen LogP contribution in [-0.4, -0.2) is 56.8 Å². The summed E-state index contributed by atoms with van der Waals surface area (Å²) in [5.74, 6) is 0.835. The third-order valence-corrected chi connectivity index (χ3v) is 9.35. The second-order valence-electron chi connectivity index (χ2n) is 9.89. The molecule has 1 aromatic rings. The van der Waals surface area contributed by atoms with Crippen molar-refractivity contribution < 1.29 is 0 Å². The van der Waals surface area contributed by atoms with Crippen molar-refractivity contribution in [3.63, 3.8) is 0 Å². The predicted molar refractivity (Wildman–Crippen MR) is 121 cm³/mol. The first-order valence-electron chi connectivity index (χ1n) is 11.6. The SMILES string of the molecule is CCCCN1CCN(C[Si](C)(C)Cc2ccc(C3CCCCC3)cc2)CC1. The minimum absolute atomic E-state index is 0.835. The molecule has 27 heavy (non-hydrogen) atoms. The van der Waals surface area contributed by atoms with E-state index in [0.717, 1.165) is 5.92 Å². The van der Waals surface area contributed by atoms with Crippen LogP contribution in [-0.2, 0) is 6.04 Å². The van der Waals surface area contributed by atoms with Crippen LogP contribution in [0.4, 0.5) is 0 Å². The maximum absolute atomic E-state index is 2.76. The molecule has 0 N–H and O–H groups in total. The molecule has 0 spiro atoms. The molecule has 1 aliphatic heterocycles. The summed E-state index contributed by atoms with van der Waals surface area (Å²) in [5, 5.41) is 0. The molecule has 1 aromatic carbocycles. The number of unbranched alkanes of at least 4 members (excludes halogenated alkanes) is 1. The Morgan fingerprint density at radius 3 is 2.15 bits per heavy atom. The Hall–Kier alpha value is -0.643. The summed E-state index contributed by atoms with van der Waals surface area (Å²) in [6.45, 7) is 13.9. The van der Waals surface area contributed by atoms with Gasteiger partial charge < -0.3 is 9.80 Å². The number of hydrogen-bond acceptors (Lipinski definition) is 2. The molecule has 2 nitrogen and oxygen atoms in total. The standard InChI is InChI=1S/C24H42N2Si/c1-4-5-15-25-16-18-26(19-17-25)21-27(2,3)20-22-11-13-24(14-12-22)23-9-7-6-8-10-23/h11-14,23H,4-10,15-21H2,1-3H3. The summed E-state index contributed by atoms with van der Waals surface area (Å²) in [6.07, 6.45) is 11.2. The highest BCUT2D eigenvalue weighted by Crippen LogP contribution is 2.32. The number of piperazine rings is 1. The second kappa shape index (κ2) is 10.2. The molecular formula is C24H42N2Si. The smallest absolute Gasteiger partial charge is 0.0672 e. The fraction of sp³-hybridized carbons (Fsp3) is 0.750. The Bertz CT molecular complexity index is 540. The van der Waals surface area contributed by atoms with E-state index in [1.807, 2.05) is 0 Å². The minimum Gasteiger partial charge on any atom is -0.304 e. The van der Waals surface area contributed by atoms with Crippen LogP contribution in [0, 0.1) is 0 Å². The van der Waals surface area contributed by atoms with Crippen molar-refractivity contribution in [2.45, 2.75) is 76.9 Å². The zero-order chi connectivity index (χ0) is 19.1. The van der Waals surface area contributed by atoms with E-state index < -0.39 is 8.07 Å². The summed E-state index contributed by atoms with van der Waals surface area (Å²) < 4.78 is 0. The van der Waals surface area contributed by atoms with Crippen LogP contribution >= 0.6 is 0 Å². The topological polar surface area (TPSA) is 6.48 Å². The predicted octanol–water partition coefficient (Wildman–Crippen LogP) is 5.48. The van der Waals surface area contributed by atoms with Crippen molar-refractivity contribution in [3.8, 4) is 0 Å². The Morgan fingerprint density at radius 2 is 1.52 bits per heavy atom. The quantitative estimate of drug-likeness (QED) is 0.546. The second-order valence-corrected chi connectivity index (χ2v) is 14.9. The zero-order valence-corrected chi connectivity index (χ0v) is 19.2. The zero-order valence-electron chi connectivity index (χ0n) is 18.2. The summed E-state index contributed by atoms with van der Waals surface area (Å²) in [6, 6.07) is 11.1. The van der Waals surface area contributed by atoms with Crippen LogP contribution in [0.25, 0.3) is 0 Å². The highest BCUT2D eigenvalue weighted by atomic mass is 28.3. The van der Waals surface area contributed by atoms with Gasteiger partial charge in [-0.05, 0) is 49.5 Å². The third-order valence-electron chi connectivity index (χ3n) is 6.68. The molecule has 1 saturated heterocycles. The fourth-order valence-corrected chi connectivity index (χ4v) is 8.09. The molecule has 0 unspecified atom stereocenters. The van der Waals surface area contributed by atoms with E-state index in [4.69, 9.17) is 0 Å². The van der Waals surface area contributed by atoms with Gasteiger partial charge in [-0.1, -0.05) is 75.5 Å². The first kappa shape index (κ1) is 21.1. The Kier molecular flexibility index (Phi) is 7.98. The fourth-order valence-electron chi connectivity index (χ4n) is 5.11. The van der Waals surface area contributed by atoms with Crippen LogP contribution in [0.5, 0.6) is 0 Å². The van der Waals surface area contributed by atoms with Crippen molar-refractivity contribution in [2.24, 2.45) is 0 Å².